The Kier molecular flexibility index (Phi) is 6.44. The van der Waals surface area contributed by atoms with Crippen LogP contribution in [0.5, 0.6) is 0 Å². The molecule has 0 radical (unpaired) electrons. The van der Waals surface area contributed by atoms with Crippen LogP contribution in [0.15, 0.2) is 12.4 Å². The molecule has 3 N–H and O–H groups in total. The first kappa shape index (κ1) is 17.9. The van der Waals surface area contributed by atoms with E-state index in [0.717, 1.165) is 38.8 Å². The Hall–Kier alpha value is -1.89. The van der Waals surface area contributed by atoms with E-state index in [1.54, 1.807) is 6.20 Å². The van der Waals surface area contributed by atoms with E-state index in [1.165, 1.54) is 30.1 Å². The highest BCUT2D eigenvalue weighted by molar-refractivity contribution is 5.93. The lowest BCUT2D eigenvalue weighted by atomic mass is 9.95. The topological polar surface area (TPSA) is 88.1 Å². The van der Waals surface area contributed by atoms with E-state index in [1.807, 2.05) is 0 Å². The van der Waals surface area contributed by atoms with Gasteiger partial charge in [0, 0.05) is 18.8 Å². The van der Waals surface area contributed by atoms with Crippen LogP contribution < -0.4 is 16.0 Å². The summed E-state index contributed by atoms with van der Waals surface area (Å²) in [5.74, 6) is 0.341. The normalized spacial score (nSPS) is 21.7. The van der Waals surface area contributed by atoms with Crippen molar-refractivity contribution < 1.29 is 9.59 Å². The van der Waals surface area contributed by atoms with E-state index in [2.05, 4.69) is 21.0 Å². The number of piperidine rings is 1. The van der Waals surface area contributed by atoms with Gasteiger partial charge in [-0.05, 0) is 44.7 Å². The number of nitrogens with zero attached hydrogens (tertiary/aromatic N) is 2. The smallest absolute Gasteiger partial charge is 0.254 e. The molecule has 25 heavy (non-hydrogen) atoms. The molecule has 1 aromatic rings. The van der Waals surface area contributed by atoms with Gasteiger partial charge in [0.1, 0.15) is 6.54 Å². The molecule has 0 aromatic carbocycles. The average Bonchev–Trinajstić information content (AvgIpc) is 3.10. The SMILES string of the molecule is O=C(Cn1cc(C(=O)NCC2CCCNC2)cn1)NC1CCCCC1. The molecule has 1 saturated carbocycles. The van der Waals surface area contributed by atoms with E-state index in [0.29, 0.717) is 24.1 Å². The molecule has 1 aliphatic carbocycles. The van der Waals surface area contributed by atoms with Gasteiger partial charge >= 0.3 is 0 Å². The van der Waals surface area contributed by atoms with Gasteiger partial charge in [-0.15, -0.1) is 0 Å². The van der Waals surface area contributed by atoms with Crippen LogP contribution in [-0.2, 0) is 11.3 Å². The summed E-state index contributed by atoms with van der Waals surface area (Å²) in [6, 6.07) is 0.295. The zero-order chi connectivity index (χ0) is 17.5. The predicted molar refractivity (Wildman–Crippen MR) is 95.2 cm³/mol. The summed E-state index contributed by atoms with van der Waals surface area (Å²) >= 11 is 0. The first-order valence-corrected chi connectivity index (χ1v) is 9.51. The third kappa shape index (κ3) is 5.56. The molecule has 1 unspecified atom stereocenters. The van der Waals surface area contributed by atoms with Gasteiger partial charge in [-0.25, -0.2) is 0 Å². The molecule has 2 heterocycles. The summed E-state index contributed by atoms with van der Waals surface area (Å²) in [4.78, 5) is 24.3. The fraction of sp³-hybridized carbons (Fsp3) is 0.722. The highest BCUT2D eigenvalue weighted by Gasteiger charge is 2.18. The second-order valence-electron chi connectivity index (χ2n) is 7.25. The minimum absolute atomic E-state index is 0.0322. The number of hydrogen-bond acceptors (Lipinski definition) is 4. The third-order valence-corrected chi connectivity index (χ3v) is 5.12. The zero-order valence-electron chi connectivity index (χ0n) is 14.8. The lowest BCUT2D eigenvalue weighted by Gasteiger charge is -2.22. The first-order valence-electron chi connectivity index (χ1n) is 9.51. The van der Waals surface area contributed by atoms with Gasteiger partial charge in [-0.2, -0.15) is 5.10 Å². The molecule has 2 aliphatic rings. The van der Waals surface area contributed by atoms with Gasteiger partial charge in [-0.1, -0.05) is 19.3 Å². The molecule has 0 spiro atoms. The van der Waals surface area contributed by atoms with Crippen LogP contribution in [0.3, 0.4) is 0 Å². The molecule has 2 fully saturated rings. The van der Waals surface area contributed by atoms with Crippen molar-refractivity contribution in [3.8, 4) is 0 Å². The van der Waals surface area contributed by atoms with Crippen LogP contribution in [0.2, 0.25) is 0 Å². The Balaban J connectivity index is 1.42. The van der Waals surface area contributed by atoms with Crippen molar-refractivity contribution in [2.75, 3.05) is 19.6 Å². The van der Waals surface area contributed by atoms with Crippen LogP contribution in [0.4, 0.5) is 0 Å². The van der Waals surface area contributed by atoms with E-state index < -0.39 is 0 Å². The second-order valence-corrected chi connectivity index (χ2v) is 7.25. The number of nitrogens with one attached hydrogen (secondary N) is 3. The molecule has 7 nitrogen and oxygen atoms in total. The van der Waals surface area contributed by atoms with Crippen LogP contribution in [-0.4, -0.2) is 47.3 Å². The van der Waals surface area contributed by atoms with E-state index in [4.69, 9.17) is 0 Å². The first-order chi connectivity index (χ1) is 12.2. The maximum atomic E-state index is 12.2. The molecular formula is C18H29N5O2. The van der Waals surface area contributed by atoms with Crippen molar-refractivity contribution in [1.82, 2.24) is 25.7 Å². The fourth-order valence-electron chi connectivity index (χ4n) is 3.67. The van der Waals surface area contributed by atoms with Gasteiger partial charge in [0.25, 0.3) is 5.91 Å². The van der Waals surface area contributed by atoms with Crippen molar-refractivity contribution in [2.45, 2.75) is 57.5 Å². The summed E-state index contributed by atoms with van der Waals surface area (Å²) in [6.07, 6.45) is 11.3. The standard InChI is InChI=1S/C18H29N5O2/c24-17(22-16-6-2-1-3-7-16)13-23-12-15(11-21-23)18(25)20-10-14-5-4-8-19-9-14/h11-12,14,16,19H,1-10,13H2,(H,20,25)(H,22,24). The summed E-state index contributed by atoms with van der Waals surface area (Å²) in [7, 11) is 0. The lowest BCUT2D eigenvalue weighted by molar-refractivity contribution is -0.122. The maximum Gasteiger partial charge on any atom is 0.254 e. The molecule has 1 saturated heterocycles. The van der Waals surface area contributed by atoms with Crippen LogP contribution in [0.25, 0.3) is 0 Å². The number of hydrogen-bond donors (Lipinski definition) is 3. The van der Waals surface area contributed by atoms with Gasteiger partial charge < -0.3 is 16.0 Å². The monoisotopic (exact) mass is 347 g/mol. The highest BCUT2D eigenvalue weighted by Crippen LogP contribution is 2.17. The Morgan fingerprint density at radius 2 is 2.04 bits per heavy atom. The molecule has 7 heteroatoms. The van der Waals surface area contributed by atoms with Gasteiger partial charge in [0.15, 0.2) is 0 Å². The molecular weight excluding hydrogens is 318 g/mol. The Bertz CT molecular complexity index is 574. The largest absolute Gasteiger partial charge is 0.352 e. The zero-order valence-corrected chi connectivity index (χ0v) is 14.8. The quantitative estimate of drug-likeness (QED) is 0.718. The van der Waals surface area contributed by atoms with Crippen molar-refractivity contribution in [3.63, 3.8) is 0 Å². The number of carbonyl (C=O) groups excluding carboxylic acids is 2. The molecule has 3 rings (SSSR count). The van der Waals surface area contributed by atoms with Crippen LogP contribution >= 0.6 is 0 Å². The van der Waals surface area contributed by atoms with Gasteiger partial charge in [-0.3, -0.25) is 14.3 Å². The number of amides is 2. The van der Waals surface area contributed by atoms with Crippen molar-refractivity contribution >= 4 is 11.8 Å². The number of carbonyl (C=O) groups is 2. The minimum atomic E-state index is -0.121. The van der Waals surface area contributed by atoms with Crippen molar-refractivity contribution in [1.29, 1.82) is 0 Å². The van der Waals surface area contributed by atoms with E-state index in [9.17, 15) is 9.59 Å². The fourth-order valence-corrected chi connectivity index (χ4v) is 3.67. The number of rotatable bonds is 6. The maximum absolute atomic E-state index is 12.2. The molecule has 138 valence electrons. The summed E-state index contributed by atoms with van der Waals surface area (Å²) in [6.45, 7) is 2.87. The molecule has 1 atom stereocenters. The third-order valence-electron chi connectivity index (χ3n) is 5.12. The molecule has 2 amide bonds. The molecule has 1 aromatic heterocycles. The van der Waals surface area contributed by atoms with Gasteiger partial charge in [0.2, 0.25) is 5.91 Å². The predicted octanol–water partition coefficient (Wildman–Crippen LogP) is 1.06. The van der Waals surface area contributed by atoms with Gasteiger partial charge in [0.05, 0.1) is 11.8 Å². The number of aromatic nitrogens is 2. The van der Waals surface area contributed by atoms with Crippen LogP contribution in [0.1, 0.15) is 55.3 Å². The Morgan fingerprint density at radius 3 is 2.80 bits per heavy atom. The van der Waals surface area contributed by atoms with Crippen molar-refractivity contribution in [2.24, 2.45) is 5.92 Å². The summed E-state index contributed by atoms with van der Waals surface area (Å²) < 4.78 is 1.54. The lowest BCUT2D eigenvalue weighted by Crippen LogP contribution is -2.38. The van der Waals surface area contributed by atoms with Crippen LogP contribution in [0, 0.1) is 5.92 Å². The van der Waals surface area contributed by atoms with E-state index in [-0.39, 0.29) is 18.4 Å². The Labute approximate surface area is 148 Å². The molecule has 1 aliphatic heterocycles. The summed E-state index contributed by atoms with van der Waals surface area (Å²) in [5, 5.41) is 13.5. The molecule has 0 bridgehead atoms. The highest BCUT2D eigenvalue weighted by atomic mass is 16.2. The minimum Gasteiger partial charge on any atom is -0.352 e. The Morgan fingerprint density at radius 1 is 1.20 bits per heavy atom. The van der Waals surface area contributed by atoms with Crippen molar-refractivity contribution in [3.05, 3.63) is 18.0 Å². The second kappa shape index (κ2) is 8.99. The summed E-state index contributed by atoms with van der Waals surface area (Å²) in [5.41, 5.74) is 0.509. The van der Waals surface area contributed by atoms with E-state index >= 15 is 0 Å². The average molecular weight is 347 g/mol.